The summed E-state index contributed by atoms with van der Waals surface area (Å²) in [5.41, 5.74) is 1.10. The maximum atomic E-state index is 5.95. The number of para-hydroxylation sites is 2. The first-order valence-electron chi connectivity index (χ1n) is 11.0. The van der Waals surface area contributed by atoms with E-state index in [0.29, 0.717) is 18.0 Å². The fourth-order valence-corrected chi connectivity index (χ4v) is 3.73. The molecule has 4 rings (SSSR count). The number of hydrogen-bond donors (Lipinski definition) is 2. The molecule has 3 aromatic rings. The lowest BCUT2D eigenvalue weighted by Crippen LogP contribution is -2.47. The number of nitrogens with one attached hydrogen (secondary N) is 2. The Morgan fingerprint density at radius 1 is 1.15 bits per heavy atom. The van der Waals surface area contributed by atoms with E-state index < -0.39 is 0 Å². The topological polar surface area (TPSA) is 85.6 Å². The highest BCUT2D eigenvalue weighted by molar-refractivity contribution is 14.0. The van der Waals surface area contributed by atoms with Crippen LogP contribution in [-0.4, -0.2) is 40.4 Å². The molecule has 0 saturated heterocycles. The number of halogens is 1. The summed E-state index contributed by atoms with van der Waals surface area (Å²) in [4.78, 5) is 9.25. The number of guanidine groups is 1. The van der Waals surface area contributed by atoms with Gasteiger partial charge in [-0.25, -0.2) is 14.7 Å². The van der Waals surface area contributed by atoms with Gasteiger partial charge in [0.1, 0.15) is 17.4 Å². The summed E-state index contributed by atoms with van der Waals surface area (Å²) >= 11 is 0. The molecule has 2 heterocycles. The second kappa shape index (κ2) is 11.9. The number of methoxy groups -OCH3 is 1. The molecule has 1 atom stereocenters. The van der Waals surface area contributed by atoms with E-state index in [1.807, 2.05) is 60.1 Å². The molecule has 1 unspecified atom stereocenters. The summed E-state index contributed by atoms with van der Waals surface area (Å²) < 4.78 is 13.3. The number of aromatic nitrogens is 3. The van der Waals surface area contributed by atoms with Gasteiger partial charge >= 0.3 is 0 Å². The first-order valence-corrected chi connectivity index (χ1v) is 11.0. The quantitative estimate of drug-likeness (QED) is 0.257. The average Bonchev–Trinajstić information content (AvgIpc) is 3.18. The monoisotopic (exact) mass is 562 g/mol. The van der Waals surface area contributed by atoms with Crippen LogP contribution in [0, 0.1) is 6.92 Å². The Labute approximate surface area is 211 Å². The Kier molecular flexibility index (Phi) is 8.93. The van der Waals surface area contributed by atoms with Crippen LogP contribution in [0.1, 0.15) is 30.6 Å². The Hall–Kier alpha value is -2.82. The summed E-state index contributed by atoms with van der Waals surface area (Å²) in [6.07, 6.45) is 1.93. The second-order valence-corrected chi connectivity index (χ2v) is 7.73. The van der Waals surface area contributed by atoms with Gasteiger partial charge < -0.3 is 20.1 Å². The van der Waals surface area contributed by atoms with Gasteiger partial charge in [0, 0.05) is 19.0 Å². The molecule has 33 heavy (non-hydrogen) atoms. The second-order valence-electron chi connectivity index (χ2n) is 7.73. The SMILES string of the molecule is CCNC(=NCc1ccc(Oc2ccccc2OC)cc1)NC1CCc2nc(C)nn2C1.I. The van der Waals surface area contributed by atoms with E-state index in [4.69, 9.17) is 14.5 Å². The highest BCUT2D eigenvalue weighted by Crippen LogP contribution is 2.30. The molecule has 0 aliphatic carbocycles. The highest BCUT2D eigenvalue weighted by Gasteiger charge is 2.21. The summed E-state index contributed by atoms with van der Waals surface area (Å²) in [5, 5.41) is 11.4. The molecule has 0 bridgehead atoms. The average molecular weight is 562 g/mol. The summed E-state index contributed by atoms with van der Waals surface area (Å²) in [7, 11) is 1.64. The highest BCUT2D eigenvalue weighted by atomic mass is 127. The zero-order chi connectivity index (χ0) is 22.3. The first kappa shape index (κ1) is 24.8. The van der Waals surface area contributed by atoms with Crippen molar-refractivity contribution in [1.82, 2.24) is 25.4 Å². The smallest absolute Gasteiger partial charge is 0.191 e. The zero-order valence-corrected chi connectivity index (χ0v) is 21.6. The van der Waals surface area contributed by atoms with E-state index in [-0.39, 0.29) is 30.0 Å². The zero-order valence-electron chi connectivity index (χ0n) is 19.2. The van der Waals surface area contributed by atoms with Gasteiger partial charge in [-0.3, -0.25) is 0 Å². The molecule has 1 aliphatic heterocycles. The van der Waals surface area contributed by atoms with E-state index in [9.17, 15) is 0 Å². The predicted octanol–water partition coefficient (Wildman–Crippen LogP) is 4.08. The van der Waals surface area contributed by atoms with E-state index >= 15 is 0 Å². The Bertz CT molecular complexity index is 1070. The van der Waals surface area contributed by atoms with Gasteiger partial charge in [0.25, 0.3) is 0 Å². The molecule has 9 heteroatoms. The minimum atomic E-state index is 0. The molecule has 0 saturated carbocycles. The number of fused-ring (bicyclic) bond motifs is 1. The molecular weight excluding hydrogens is 531 g/mol. The molecular formula is C24H31IN6O2. The maximum Gasteiger partial charge on any atom is 0.191 e. The lowest BCUT2D eigenvalue weighted by atomic mass is 10.1. The third-order valence-electron chi connectivity index (χ3n) is 5.29. The molecule has 2 aromatic carbocycles. The van der Waals surface area contributed by atoms with Gasteiger partial charge in [-0.1, -0.05) is 24.3 Å². The summed E-state index contributed by atoms with van der Waals surface area (Å²) in [5.74, 6) is 4.87. The number of aryl methyl sites for hydroxylation is 2. The van der Waals surface area contributed by atoms with Crippen LogP contribution in [-0.2, 0) is 19.5 Å². The molecule has 0 fully saturated rings. The van der Waals surface area contributed by atoms with Crippen LogP contribution in [0.3, 0.4) is 0 Å². The van der Waals surface area contributed by atoms with Gasteiger partial charge in [-0.15, -0.1) is 24.0 Å². The molecule has 0 spiro atoms. The standard InChI is InChI=1S/C24H30N6O2.HI/c1-4-25-24(28-19-11-14-23-27-17(2)29-30(23)16-19)26-15-18-9-12-20(13-10-18)32-22-8-6-5-7-21(22)31-3;/h5-10,12-13,19H,4,11,14-16H2,1-3H3,(H2,25,26,28);1H. The number of rotatable bonds is 7. The van der Waals surface area contributed by atoms with Crippen LogP contribution in [0.2, 0.25) is 0 Å². The van der Waals surface area contributed by atoms with Crippen molar-refractivity contribution in [3.05, 3.63) is 65.7 Å². The molecule has 0 radical (unpaired) electrons. The van der Waals surface area contributed by atoms with Crippen LogP contribution in [0.25, 0.3) is 0 Å². The summed E-state index contributed by atoms with van der Waals surface area (Å²) in [6, 6.07) is 15.9. The minimum absolute atomic E-state index is 0. The third-order valence-corrected chi connectivity index (χ3v) is 5.29. The Balaban J connectivity index is 0.00000306. The van der Waals surface area contributed by atoms with E-state index in [1.54, 1.807) is 7.11 Å². The van der Waals surface area contributed by atoms with Gasteiger partial charge in [0.15, 0.2) is 17.5 Å². The van der Waals surface area contributed by atoms with Crippen LogP contribution < -0.4 is 20.1 Å². The van der Waals surface area contributed by atoms with Crippen molar-refractivity contribution in [3.8, 4) is 17.2 Å². The molecule has 1 aliphatic rings. The van der Waals surface area contributed by atoms with Crippen molar-refractivity contribution >= 4 is 29.9 Å². The van der Waals surface area contributed by atoms with Gasteiger partial charge in [-0.05, 0) is 50.1 Å². The van der Waals surface area contributed by atoms with Crippen molar-refractivity contribution in [2.75, 3.05) is 13.7 Å². The molecule has 176 valence electrons. The summed E-state index contributed by atoms with van der Waals surface area (Å²) in [6.45, 7) is 6.19. The van der Waals surface area contributed by atoms with E-state index in [2.05, 4.69) is 27.6 Å². The van der Waals surface area contributed by atoms with Crippen molar-refractivity contribution in [2.24, 2.45) is 4.99 Å². The van der Waals surface area contributed by atoms with Gasteiger partial charge in [0.05, 0.1) is 20.2 Å². The van der Waals surface area contributed by atoms with E-state index in [1.165, 1.54) is 0 Å². The minimum Gasteiger partial charge on any atom is -0.493 e. The van der Waals surface area contributed by atoms with E-state index in [0.717, 1.165) is 54.9 Å². The number of aliphatic imine (C=N–C) groups is 1. The first-order chi connectivity index (χ1) is 15.6. The number of hydrogen-bond acceptors (Lipinski definition) is 5. The van der Waals surface area contributed by atoms with Crippen molar-refractivity contribution in [3.63, 3.8) is 0 Å². The molecule has 2 N–H and O–H groups in total. The normalized spacial score (nSPS) is 15.2. The fraction of sp³-hybridized carbons (Fsp3) is 0.375. The lowest BCUT2D eigenvalue weighted by Gasteiger charge is -2.25. The van der Waals surface area contributed by atoms with Crippen molar-refractivity contribution in [2.45, 2.75) is 45.8 Å². The number of benzene rings is 2. The van der Waals surface area contributed by atoms with Crippen molar-refractivity contribution in [1.29, 1.82) is 0 Å². The predicted molar refractivity (Wildman–Crippen MR) is 140 cm³/mol. The van der Waals surface area contributed by atoms with Crippen LogP contribution in [0.5, 0.6) is 17.2 Å². The molecule has 0 amide bonds. The molecule has 1 aromatic heterocycles. The fourth-order valence-electron chi connectivity index (χ4n) is 3.73. The number of nitrogens with zero attached hydrogens (tertiary/aromatic N) is 4. The number of ether oxygens (including phenoxy) is 2. The van der Waals surface area contributed by atoms with Crippen LogP contribution in [0.15, 0.2) is 53.5 Å². The van der Waals surface area contributed by atoms with Crippen LogP contribution in [0.4, 0.5) is 0 Å². The molecule has 8 nitrogen and oxygen atoms in total. The van der Waals surface area contributed by atoms with Crippen molar-refractivity contribution < 1.29 is 9.47 Å². The van der Waals surface area contributed by atoms with Gasteiger partial charge in [-0.2, -0.15) is 5.10 Å². The lowest BCUT2D eigenvalue weighted by molar-refractivity contribution is 0.379. The largest absolute Gasteiger partial charge is 0.493 e. The Morgan fingerprint density at radius 2 is 1.91 bits per heavy atom. The third kappa shape index (κ3) is 6.59. The Morgan fingerprint density at radius 3 is 2.64 bits per heavy atom. The van der Waals surface area contributed by atoms with Gasteiger partial charge in [0.2, 0.25) is 0 Å². The maximum absolute atomic E-state index is 5.95. The van der Waals surface area contributed by atoms with Crippen LogP contribution >= 0.6 is 24.0 Å².